The lowest BCUT2D eigenvalue weighted by molar-refractivity contribution is -0.130. The van der Waals surface area contributed by atoms with Crippen molar-refractivity contribution < 1.29 is 18.7 Å². The van der Waals surface area contributed by atoms with Gasteiger partial charge < -0.3 is 15.0 Å². The van der Waals surface area contributed by atoms with Gasteiger partial charge in [0.2, 0.25) is 11.8 Å². The van der Waals surface area contributed by atoms with Gasteiger partial charge in [-0.3, -0.25) is 9.59 Å². The summed E-state index contributed by atoms with van der Waals surface area (Å²) >= 11 is 0. The molecule has 0 spiro atoms. The monoisotopic (exact) mass is 438 g/mol. The van der Waals surface area contributed by atoms with Gasteiger partial charge in [-0.2, -0.15) is 0 Å². The minimum Gasteiger partial charge on any atom is -0.497 e. The van der Waals surface area contributed by atoms with E-state index in [1.54, 1.807) is 36.3 Å². The van der Waals surface area contributed by atoms with Crippen LogP contribution in [0.4, 0.5) is 10.1 Å². The van der Waals surface area contributed by atoms with Gasteiger partial charge in [-0.1, -0.05) is 37.8 Å². The highest BCUT2D eigenvalue weighted by molar-refractivity contribution is 5.97. The number of benzene rings is 2. The van der Waals surface area contributed by atoms with E-state index in [1.807, 2.05) is 12.1 Å². The summed E-state index contributed by atoms with van der Waals surface area (Å²) < 4.78 is 18.9. The zero-order valence-corrected chi connectivity index (χ0v) is 18.6. The second kappa shape index (κ2) is 10.2. The molecule has 0 radical (unpaired) electrons. The molecule has 1 saturated carbocycles. The average Bonchev–Trinajstić information content (AvgIpc) is 3.08. The van der Waals surface area contributed by atoms with Crippen LogP contribution < -0.4 is 15.0 Å². The second-order valence-electron chi connectivity index (χ2n) is 8.80. The van der Waals surface area contributed by atoms with Crippen LogP contribution in [0, 0.1) is 11.7 Å². The lowest BCUT2D eigenvalue weighted by Gasteiger charge is -2.41. The van der Waals surface area contributed by atoms with Crippen molar-refractivity contribution in [1.29, 1.82) is 0 Å². The van der Waals surface area contributed by atoms with Gasteiger partial charge in [-0.15, -0.1) is 0 Å². The third kappa shape index (κ3) is 4.95. The number of methoxy groups -OCH3 is 1. The highest BCUT2D eigenvalue weighted by atomic mass is 19.1. The number of ether oxygens (including phenoxy) is 1. The quantitative estimate of drug-likeness (QED) is 0.656. The van der Waals surface area contributed by atoms with Crippen LogP contribution in [0.15, 0.2) is 48.5 Å². The number of nitrogens with zero attached hydrogens (tertiary/aromatic N) is 1. The number of piperidine rings is 1. The molecule has 1 saturated heterocycles. The molecule has 0 aromatic heterocycles. The van der Waals surface area contributed by atoms with Gasteiger partial charge in [0.25, 0.3) is 0 Å². The predicted octanol–water partition coefficient (Wildman–Crippen LogP) is 5.16. The molecule has 2 aromatic rings. The first-order valence-electron chi connectivity index (χ1n) is 11.6. The summed E-state index contributed by atoms with van der Waals surface area (Å²) in [6.45, 7) is 0. The molecule has 1 heterocycles. The molecule has 2 fully saturated rings. The van der Waals surface area contributed by atoms with Crippen molar-refractivity contribution in [2.24, 2.45) is 5.92 Å². The number of rotatable bonds is 5. The number of halogens is 1. The molecule has 0 unspecified atom stereocenters. The van der Waals surface area contributed by atoms with Crippen LogP contribution in [-0.4, -0.2) is 25.0 Å². The topological polar surface area (TPSA) is 58.6 Å². The molecule has 4 rings (SSSR count). The van der Waals surface area contributed by atoms with Crippen LogP contribution in [0.1, 0.15) is 63.0 Å². The Morgan fingerprint density at radius 1 is 0.969 bits per heavy atom. The summed E-state index contributed by atoms with van der Waals surface area (Å²) in [5.74, 6) is -0.103. The molecule has 0 bridgehead atoms. The summed E-state index contributed by atoms with van der Waals surface area (Å²) in [5, 5.41) is 3.27. The molecule has 6 heteroatoms. The molecule has 2 aliphatic rings. The maximum Gasteiger partial charge on any atom is 0.227 e. The Kier molecular flexibility index (Phi) is 7.08. The normalized spacial score (nSPS) is 22.3. The minimum atomic E-state index is -0.490. The van der Waals surface area contributed by atoms with Crippen LogP contribution in [0.5, 0.6) is 5.75 Å². The van der Waals surface area contributed by atoms with Gasteiger partial charge in [0.05, 0.1) is 19.1 Å². The third-order valence-electron chi connectivity index (χ3n) is 6.70. The van der Waals surface area contributed by atoms with Crippen molar-refractivity contribution in [3.63, 3.8) is 0 Å². The standard InChI is InChI=1S/C26H31FN2O3/c1-32-22-14-12-21(13-15-22)29-24(30)17-16-23(25(29)18-8-10-19(27)11-9-18)26(31)28-20-6-4-2-3-5-7-20/h8-15,20,23,25H,2-7,16-17H2,1H3,(H,28,31)/t23-,25+/m0/s1. The van der Waals surface area contributed by atoms with Gasteiger partial charge in [0, 0.05) is 18.2 Å². The van der Waals surface area contributed by atoms with E-state index in [0.29, 0.717) is 24.3 Å². The average molecular weight is 439 g/mol. The van der Waals surface area contributed by atoms with E-state index in [0.717, 1.165) is 31.2 Å². The van der Waals surface area contributed by atoms with E-state index in [9.17, 15) is 14.0 Å². The number of nitrogens with one attached hydrogen (secondary N) is 1. The molecule has 2 atom stereocenters. The molecule has 1 N–H and O–H groups in total. The van der Waals surface area contributed by atoms with Crippen molar-refractivity contribution in [3.8, 4) is 5.75 Å². The Morgan fingerprint density at radius 2 is 1.62 bits per heavy atom. The van der Waals surface area contributed by atoms with E-state index in [-0.39, 0.29) is 23.7 Å². The molecule has 1 aliphatic heterocycles. The van der Waals surface area contributed by atoms with Crippen molar-refractivity contribution in [1.82, 2.24) is 5.32 Å². The summed E-state index contributed by atoms with van der Waals surface area (Å²) in [5.41, 5.74) is 1.47. The summed E-state index contributed by atoms with van der Waals surface area (Å²) in [6, 6.07) is 13.1. The number of hydrogen-bond acceptors (Lipinski definition) is 3. The van der Waals surface area contributed by atoms with Crippen molar-refractivity contribution in [2.45, 2.75) is 63.5 Å². The van der Waals surface area contributed by atoms with Gasteiger partial charge in [-0.05, 0) is 61.2 Å². The Morgan fingerprint density at radius 3 is 2.25 bits per heavy atom. The molecule has 2 amide bonds. The van der Waals surface area contributed by atoms with E-state index in [2.05, 4.69) is 5.32 Å². The van der Waals surface area contributed by atoms with Gasteiger partial charge in [0.1, 0.15) is 11.6 Å². The lowest BCUT2D eigenvalue weighted by atomic mass is 9.83. The highest BCUT2D eigenvalue weighted by Crippen LogP contribution is 2.40. The zero-order valence-electron chi connectivity index (χ0n) is 18.6. The summed E-state index contributed by atoms with van der Waals surface area (Å²) in [6.07, 6.45) is 7.47. The summed E-state index contributed by atoms with van der Waals surface area (Å²) in [4.78, 5) is 28.3. The largest absolute Gasteiger partial charge is 0.497 e. The van der Waals surface area contributed by atoms with Crippen LogP contribution >= 0.6 is 0 Å². The fourth-order valence-electron chi connectivity index (χ4n) is 4.99. The minimum absolute atomic E-state index is 0.0164. The first kappa shape index (κ1) is 22.3. The number of carbonyl (C=O) groups excluding carboxylic acids is 2. The first-order valence-corrected chi connectivity index (χ1v) is 11.6. The number of hydrogen-bond donors (Lipinski definition) is 1. The zero-order chi connectivity index (χ0) is 22.5. The number of amides is 2. The number of carbonyl (C=O) groups is 2. The molecule has 170 valence electrons. The van der Waals surface area contributed by atoms with E-state index in [4.69, 9.17) is 4.74 Å². The molecular weight excluding hydrogens is 407 g/mol. The van der Waals surface area contributed by atoms with Crippen molar-refractivity contribution in [3.05, 3.63) is 59.9 Å². The predicted molar refractivity (Wildman–Crippen MR) is 122 cm³/mol. The Bertz CT molecular complexity index is 921. The number of anilines is 1. The van der Waals surface area contributed by atoms with Crippen molar-refractivity contribution in [2.75, 3.05) is 12.0 Å². The second-order valence-corrected chi connectivity index (χ2v) is 8.80. The molecule has 5 nitrogen and oxygen atoms in total. The van der Waals surface area contributed by atoms with E-state index < -0.39 is 12.0 Å². The molecule has 32 heavy (non-hydrogen) atoms. The maximum atomic E-state index is 13.7. The first-order chi connectivity index (χ1) is 15.6. The fourth-order valence-corrected chi connectivity index (χ4v) is 4.99. The lowest BCUT2D eigenvalue weighted by Crippen LogP contribution is -2.50. The van der Waals surface area contributed by atoms with E-state index in [1.165, 1.54) is 25.0 Å². The molecular formula is C26H31FN2O3. The van der Waals surface area contributed by atoms with Crippen LogP contribution in [0.3, 0.4) is 0 Å². The Labute approximate surface area is 188 Å². The van der Waals surface area contributed by atoms with Gasteiger partial charge in [0.15, 0.2) is 0 Å². The molecule has 1 aliphatic carbocycles. The Balaban J connectivity index is 1.66. The van der Waals surface area contributed by atoms with Crippen molar-refractivity contribution >= 4 is 17.5 Å². The van der Waals surface area contributed by atoms with Gasteiger partial charge in [-0.25, -0.2) is 4.39 Å². The van der Waals surface area contributed by atoms with Gasteiger partial charge >= 0.3 is 0 Å². The van der Waals surface area contributed by atoms with Crippen LogP contribution in [0.2, 0.25) is 0 Å². The highest BCUT2D eigenvalue weighted by Gasteiger charge is 2.41. The summed E-state index contributed by atoms with van der Waals surface area (Å²) in [7, 11) is 1.59. The Hall–Kier alpha value is -2.89. The van der Waals surface area contributed by atoms with E-state index >= 15 is 0 Å². The maximum absolute atomic E-state index is 13.7. The smallest absolute Gasteiger partial charge is 0.227 e. The molecule has 2 aromatic carbocycles. The third-order valence-corrected chi connectivity index (χ3v) is 6.70. The SMILES string of the molecule is COc1ccc(N2C(=O)CC[C@H](C(=O)NC3CCCCCC3)[C@H]2c2ccc(F)cc2)cc1. The van der Waals surface area contributed by atoms with Crippen LogP contribution in [0.25, 0.3) is 0 Å². The van der Waals surface area contributed by atoms with Crippen LogP contribution in [-0.2, 0) is 9.59 Å². The fraction of sp³-hybridized carbons (Fsp3) is 0.462.